The molecule has 1 N–H and O–H groups in total. The maximum absolute atomic E-state index is 13.4. The van der Waals surface area contributed by atoms with Crippen molar-refractivity contribution in [3.63, 3.8) is 0 Å². The minimum absolute atomic E-state index is 0.0572. The highest BCUT2D eigenvalue weighted by atomic mass is 16.7. The molecule has 0 unspecified atom stereocenters. The van der Waals surface area contributed by atoms with Crippen LogP contribution in [-0.2, 0) is 16.2 Å². The molecular weight excluding hydrogens is 510 g/mol. The van der Waals surface area contributed by atoms with Crippen molar-refractivity contribution in [2.75, 3.05) is 11.7 Å². The zero-order chi connectivity index (χ0) is 27.8. The molecule has 4 amide bonds. The molecule has 0 radical (unpaired) electrons. The maximum Gasteiger partial charge on any atom is 0.335 e. The molecule has 1 fully saturated rings. The van der Waals surface area contributed by atoms with Crippen LogP contribution in [0.5, 0.6) is 17.2 Å². The third-order valence-electron chi connectivity index (χ3n) is 6.83. The standard InChI is InChI=1S/C31H25N3O6/c1-19-14-22(20(2)33(19)23-8-11-25(12-9-23)38-17-21-6-4-3-5-7-21)15-26-29(35)32-31(37)34(30(26)36)24-10-13-27-28(16-24)40-18-39-27/h3-16H,17-18H2,1-2H3,(H,32,35,37)/b26-15+. The van der Waals surface area contributed by atoms with Gasteiger partial charge in [0, 0.05) is 23.1 Å². The Morgan fingerprint density at radius 3 is 2.38 bits per heavy atom. The third-order valence-corrected chi connectivity index (χ3v) is 6.83. The fraction of sp³-hybridized carbons (Fsp3) is 0.129. The van der Waals surface area contributed by atoms with Crippen molar-refractivity contribution >= 4 is 29.6 Å². The largest absolute Gasteiger partial charge is 0.489 e. The Balaban J connectivity index is 1.26. The Morgan fingerprint density at radius 2 is 1.60 bits per heavy atom. The number of carbonyl (C=O) groups is 3. The van der Waals surface area contributed by atoms with Crippen molar-refractivity contribution in [1.82, 2.24) is 9.88 Å². The lowest BCUT2D eigenvalue weighted by molar-refractivity contribution is -0.122. The SMILES string of the molecule is Cc1cc(/C=C2\C(=O)NC(=O)N(c3ccc4c(c3)OCO4)C2=O)c(C)n1-c1ccc(OCc2ccccc2)cc1. The highest BCUT2D eigenvalue weighted by Crippen LogP contribution is 2.36. The summed E-state index contributed by atoms with van der Waals surface area (Å²) in [5.41, 5.74) is 4.53. The van der Waals surface area contributed by atoms with E-state index in [0.29, 0.717) is 23.7 Å². The van der Waals surface area contributed by atoms with Crippen LogP contribution in [0.2, 0.25) is 0 Å². The number of hydrogen-bond acceptors (Lipinski definition) is 6. The number of urea groups is 1. The van der Waals surface area contributed by atoms with Gasteiger partial charge in [-0.25, -0.2) is 9.69 Å². The van der Waals surface area contributed by atoms with E-state index in [-0.39, 0.29) is 18.1 Å². The predicted molar refractivity (Wildman–Crippen MR) is 148 cm³/mol. The number of nitrogens with one attached hydrogen (secondary N) is 1. The second-order valence-electron chi connectivity index (χ2n) is 9.43. The van der Waals surface area contributed by atoms with Crippen molar-refractivity contribution in [2.24, 2.45) is 0 Å². The van der Waals surface area contributed by atoms with Crippen LogP contribution in [0.3, 0.4) is 0 Å². The van der Waals surface area contributed by atoms with Gasteiger partial charge in [0.25, 0.3) is 11.8 Å². The molecule has 0 bridgehead atoms. The Labute approximate surface area is 230 Å². The number of amides is 4. The van der Waals surface area contributed by atoms with Crippen LogP contribution in [0.25, 0.3) is 11.8 Å². The molecule has 1 saturated heterocycles. The zero-order valence-corrected chi connectivity index (χ0v) is 21.8. The van der Waals surface area contributed by atoms with Gasteiger partial charge in [0.05, 0.1) is 5.69 Å². The first kappa shape index (κ1) is 25.0. The van der Waals surface area contributed by atoms with Gasteiger partial charge in [-0.05, 0) is 73.5 Å². The van der Waals surface area contributed by atoms with Crippen LogP contribution in [0, 0.1) is 13.8 Å². The number of nitrogens with zero attached hydrogens (tertiary/aromatic N) is 2. The first-order valence-electron chi connectivity index (χ1n) is 12.7. The molecule has 0 spiro atoms. The first-order chi connectivity index (χ1) is 19.4. The van der Waals surface area contributed by atoms with E-state index in [9.17, 15) is 14.4 Å². The van der Waals surface area contributed by atoms with Crippen LogP contribution in [0.4, 0.5) is 10.5 Å². The number of hydrogen-bond donors (Lipinski definition) is 1. The number of carbonyl (C=O) groups excluding carboxylic acids is 3. The van der Waals surface area contributed by atoms with Gasteiger partial charge in [0.2, 0.25) is 6.79 Å². The van der Waals surface area contributed by atoms with E-state index in [1.807, 2.05) is 79.1 Å². The molecule has 9 heteroatoms. The molecule has 3 heterocycles. The van der Waals surface area contributed by atoms with E-state index in [1.165, 1.54) is 12.1 Å². The monoisotopic (exact) mass is 535 g/mol. The maximum atomic E-state index is 13.4. The Kier molecular flexibility index (Phi) is 6.31. The molecule has 2 aliphatic heterocycles. The molecule has 0 saturated carbocycles. The second-order valence-corrected chi connectivity index (χ2v) is 9.43. The van der Waals surface area contributed by atoms with Gasteiger partial charge in [0.15, 0.2) is 11.5 Å². The van der Waals surface area contributed by atoms with Crippen molar-refractivity contribution < 1.29 is 28.6 Å². The minimum Gasteiger partial charge on any atom is -0.489 e. The second kappa shape index (κ2) is 10.1. The fourth-order valence-electron chi connectivity index (χ4n) is 4.84. The molecule has 200 valence electrons. The number of imide groups is 2. The minimum atomic E-state index is -0.828. The van der Waals surface area contributed by atoms with Crippen molar-refractivity contribution in [2.45, 2.75) is 20.5 Å². The smallest absolute Gasteiger partial charge is 0.335 e. The zero-order valence-electron chi connectivity index (χ0n) is 21.8. The van der Waals surface area contributed by atoms with Crippen molar-refractivity contribution in [1.29, 1.82) is 0 Å². The topological polar surface area (TPSA) is 99.1 Å². The number of barbiturate groups is 1. The third kappa shape index (κ3) is 4.58. The molecule has 4 aromatic rings. The average Bonchev–Trinajstić information content (AvgIpc) is 3.53. The van der Waals surface area contributed by atoms with Gasteiger partial charge in [0.1, 0.15) is 17.9 Å². The van der Waals surface area contributed by atoms with Gasteiger partial charge in [-0.3, -0.25) is 14.9 Å². The number of fused-ring (bicyclic) bond motifs is 1. The van der Waals surface area contributed by atoms with Crippen LogP contribution in [-0.4, -0.2) is 29.2 Å². The molecule has 6 rings (SSSR count). The summed E-state index contributed by atoms with van der Waals surface area (Å²) in [6, 6.07) is 23.4. The van der Waals surface area contributed by atoms with Crippen LogP contribution in [0.15, 0.2) is 84.4 Å². The summed E-state index contributed by atoms with van der Waals surface area (Å²) in [6.07, 6.45) is 1.51. The molecular formula is C31H25N3O6. The van der Waals surface area contributed by atoms with E-state index in [2.05, 4.69) is 5.32 Å². The van der Waals surface area contributed by atoms with E-state index in [1.54, 1.807) is 12.1 Å². The van der Waals surface area contributed by atoms with E-state index in [0.717, 1.165) is 33.3 Å². The summed E-state index contributed by atoms with van der Waals surface area (Å²) in [4.78, 5) is 39.7. The number of rotatable bonds is 6. The van der Waals surface area contributed by atoms with E-state index < -0.39 is 17.8 Å². The fourth-order valence-corrected chi connectivity index (χ4v) is 4.84. The quantitative estimate of drug-likeness (QED) is 0.274. The van der Waals surface area contributed by atoms with Gasteiger partial charge in [-0.1, -0.05) is 30.3 Å². The molecule has 0 aliphatic carbocycles. The molecule has 40 heavy (non-hydrogen) atoms. The average molecular weight is 536 g/mol. The summed E-state index contributed by atoms with van der Waals surface area (Å²) < 4.78 is 18.6. The van der Waals surface area contributed by atoms with E-state index >= 15 is 0 Å². The molecule has 3 aromatic carbocycles. The van der Waals surface area contributed by atoms with Crippen molar-refractivity contribution in [3.8, 4) is 22.9 Å². The molecule has 9 nitrogen and oxygen atoms in total. The van der Waals surface area contributed by atoms with E-state index in [4.69, 9.17) is 14.2 Å². The van der Waals surface area contributed by atoms with Gasteiger partial charge in [-0.2, -0.15) is 0 Å². The first-order valence-corrected chi connectivity index (χ1v) is 12.7. The lowest BCUT2D eigenvalue weighted by atomic mass is 10.1. The normalized spacial score (nSPS) is 15.5. The van der Waals surface area contributed by atoms with Crippen LogP contribution >= 0.6 is 0 Å². The lowest BCUT2D eigenvalue weighted by Crippen LogP contribution is -2.54. The summed E-state index contributed by atoms with van der Waals surface area (Å²) in [7, 11) is 0. The Morgan fingerprint density at radius 1 is 0.875 bits per heavy atom. The van der Waals surface area contributed by atoms with Crippen LogP contribution in [0.1, 0.15) is 22.5 Å². The predicted octanol–water partition coefficient (Wildman–Crippen LogP) is 5.07. The molecule has 1 aromatic heterocycles. The van der Waals surface area contributed by atoms with Gasteiger partial charge >= 0.3 is 6.03 Å². The summed E-state index contributed by atoms with van der Waals surface area (Å²) in [6.45, 7) is 4.38. The highest BCUT2D eigenvalue weighted by Gasteiger charge is 2.37. The summed E-state index contributed by atoms with van der Waals surface area (Å²) >= 11 is 0. The Hall–Kier alpha value is -5.31. The number of ether oxygens (including phenoxy) is 3. The van der Waals surface area contributed by atoms with Crippen molar-refractivity contribution in [3.05, 3.63) is 107 Å². The van der Waals surface area contributed by atoms with Gasteiger partial charge < -0.3 is 18.8 Å². The summed E-state index contributed by atoms with van der Waals surface area (Å²) in [5.74, 6) is 0.202. The Bertz CT molecular complexity index is 1670. The lowest BCUT2D eigenvalue weighted by Gasteiger charge is -2.26. The molecule has 2 aliphatic rings. The number of benzene rings is 3. The summed E-state index contributed by atoms with van der Waals surface area (Å²) in [5, 5.41) is 2.27. The number of anilines is 1. The van der Waals surface area contributed by atoms with Crippen LogP contribution < -0.4 is 24.4 Å². The molecule has 0 atom stereocenters. The number of aromatic nitrogens is 1. The van der Waals surface area contributed by atoms with Gasteiger partial charge in [-0.15, -0.1) is 0 Å². The highest BCUT2D eigenvalue weighted by molar-refractivity contribution is 6.39. The number of aryl methyl sites for hydroxylation is 1.